The molecular weight excluding hydrogens is 332 g/mol. The first-order chi connectivity index (χ1) is 8.59. The highest BCUT2D eigenvalue weighted by Crippen LogP contribution is 2.21. The van der Waals surface area contributed by atoms with Gasteiger partial charge in [-0.3, -0.25) is 4.79 Å². The SMILES string of the molecule is CC(C)(N)CS(=O)(=O)CC(=O)Nc1ccccc1Br. The standard InChI is InChI=1S/C12H17BrN2O3S/c1-12(2,14)8-19(17,18)7-11(16)15-10-6-4-3-5-9(10)13/h3-6H,7-8,14H2,1-2H3,(H,15,16). The zero-order chi connectivity index (χ0) is 14.7. The molecule has 0 aliphatic heterocycles. The number of sulfone groups is 1. The van der Waals surface area contributed by atoms with Gasteiger partial charge in [0.15, 0.2) is 9.84 Å². The van der Waals surface area contributed by atoms with Crippen molar-refractivity contribution in [3.63, 3.8) is 0 Å². The second-order valence-corrected chi connectivity index (χ2v) is 7.97. The summed E-state index contributed by atoms with van der Waals surface area (Å²) in [5, 5.41) is 2.55. The van der Waals surface area contributed by atoms with E-state index in [1.807, 2.05) is 0 Å². The van der Waals surface area contributed by atoms with Crippen molar-refractivity contribution in [2.24, 2.45) is 5.73 Å². The van der Waals surface area contributed by atoms with Gasteiger partial charge in [-0.25, -0.2) is 8.42 Å². The van der Waals surface area contributed by atoms with Gasteiger partial charge >= 0.3 is 0 Å². The fourth-order valence-electron chi connectivity index (χ4n) is 1.57. The lowest BCUT2D eigenvalue weighted by molar-refractivity contribution is -0.113. The summed E-state index contributed by atoms with van der Waals surface area (Å²) < 4.78 is 24.3. The topological polar surface area (TPSA) is 89.3 Å². The lowest BCUT2D eigenvalue weighted by Gasteiger charge is -2.18. The van der Waals surface area contributed by atoms with E-state index in [4.69, 9.17) is 5.73 Å². The smallest absolute Gasteiger partial charge is 0.239 e. The van der Waals surface area contributed by atoms with Gasteiger partial charge in [-0.2, -0.15) is 0 Å². The fourth-order valence-corrected chi connectivity index (χ4v) is 3.66. The van der Waals surface area contributed by atoms with Crippen molar-refractivity contribution in [3.05, 3.63) is 28.7 Å². The molecule has 0 saturated carbocycles. The number of hydrogen-bond acceptors (Lipinski definition) is 4. The number of hydrogen-bond donors (Lipinski definition) is 2. The molecule has 1 rings (SSSR count). The third-order valence-corrected chi connectivity index (χ3v) is 4.67. The number of rotatable bonds is 5. The molecule has 0 heterocycles. The Morgan fingerprint density at radius 3 is 2.47 bits per heavy atom. The summed E-state index contributed by atoms with van der Waals surface area (Å²) in [6.45, 7) is 3.21. The molecule has 19 heavy (non-hydrogen) atoms. The van der Waals surface area contributed by atoms with Gasteiger partial charge in [-0.05, 0) is 41.9 Å². The Labute approximate surface area is 121 Å². The number of nitrogens with two attached hydrogens (primary N) is 1. The van der Waals surface area contributed by atoms with Crippen molar-refractivity contribution in [2.45, 2.75) is 19.4 Å². The van der Waals surface area contributed by atoms with E-state index in [0.29, 0.717) is 10.2 Å². The van der Waals surface area contributed by atoms with Crippen molar-refractivity contribution < 1.29 is 13.2 Å². The average molecular weight is 349 g/mol. The molecule has 0 bridgehead atoms. The Morgan fingerprint density at radius 1 is 1.37 bits per heavy atom. The van der Waals surface area contributed by atoms with E-state index in [1.54, 1.807) is 38.1 Å². The number of amides is 1. The van der Waals surface area contributed by atoms with Crippen LogP contribution in [-0.4, -0.2) is 31.4 Å². The molecule has 0 atom stereocenters. The monoisotopic (exact) mass is 348 g/mol. The lowest BCUT2D eigenvalue weighted by atomic mass is 10.1. The van der Waals surface area contributed by atoms with Crippen molar-refractivity contribution >= 4 is 37.4 Å². The molecule has 0 fully saturated rings. The van der Waals surface area contributed by atoms with Gasteiger partial charge in [0.2, 0.25) is 5.91 Å². The molecule has 1 aromatic rings. The summed E-state index contributed by atoms with van der Waals surface area (Å²) in [4.78, 5) is 11.7. The number of carbonyl (C=O) groups is 1. The first kappa shape index (κ1) is 16.1. The minimum absolute atomic E-state index is 0.233. The van der Waals surface area contributed by atoms with Crippen LogP contribution in [0.4, 0.5) is 5.69 Å². The lowest BCUT2D eigenvalue weighted by Crippen LogP contribution is -2.42. The Kier molecular flexibility index (Phi) is 5.11. The van der Waals surface area contributed by atoms with Crippen LogP contribution in [0.2, 0.25) is 0 Å². The quantitative estimate of drug-likeness (QED) is 0.844. The highest BCUT2D eigenvalue weighted by Gasteiger charge is 2.24. The van der Waals surface area contributed by atoms with E-state index in [0.717, 1.165) is 0 Å². The highest BCUT2D eigenvalue weighted by atomic mass is 79.9. The Bertz CT molecular complexity index is 565. The number of halogens is 1. The molecule has 0 aliphatic carbocycles. The first-order valence-electron chi connectivity index (χ1n) is 5.63. The summed E-state index contributed by atoms with van der Waals surface area (Å²) in [5.74, 6) is -1.38. The van der Waals surface area contributed by atoms with E-state index in [9.17, 15) is 13.2 Å². The molecule has 0 aliphatic rings. The van der Waals surface area contributed by atoms with Crippen LogP contribution in [0.25, 0.3) is 0 Å². The number of benzene rings is 1. The summed E-state index contributed by atoms with van der Waals surface area (Å²) in [7, 11) is -3.52. The molecule has 5 nitrogen and oxygen atoms in total. The third-order valence-electron chi connectivity index (χ3n) is 2.09. The molecule has 3 N–H and O–H groups in total. The second-order valence-electron chi connectivity index (χ2n) is 5.05. The average Bonchev–Trinajstić information content (AvgIpc) is 2.16. The van der Waals surface area contributed by atoms with E-state index >= 15 is 0 Å². The molecule has 1 amide bonds. The van der Waals surface area contributed by atoms with Crippen LogP contribution >= 0.6 is 15.9 Å². The van der Waals surface area contributed by atoms with Gasteiger partial charge < -0.3 is 11.1 Å². The molecule has 106 valence electrons. The zero-order valence-corrected chi connectivity index (χ0v) is 13.2. The Balaban J connectivity index is 2.69. The minimum atomic E-state index is -3.52. The molecule has 0 spiro atoms. The van der Waals surface area contributed by atoms with E-state index in [1.165, 1.54) is 0 Å². The van der Waals surface area contributed by atoms with Crippen LogP contribution < -0.4 is 11.1 Å². The van der Waals surface area contributed by atoms with Gasteiger partial charge in [-0.15, -0.1) is 0 Å². The molecule has 0 saturated heterocycles. The number of para-hydroxylation sites is 1. The maximum Gasteiger partial charge on any atom is 0.239 e. The Hall–Kier alpha value is -0.920. The highest BCUT2D eigenvalue weighted by molar-refractivity contribution is 9.10. The van der Waals surface area contributed by atoms with Crippen molar-refractivity contribution in [1.82, 2.24) is 0 Å². The molecule has 1 aromatic carbocycles. The summed E-state index contributed by atoms with van der Waals surface area (Å²) in [6.07, 6.45) is 0. The maximum absolute atomic E-state index is 11.8. The number of carbonyl (C=O) groups excluding carboxylic acids is 1. The van der Waals surface area contributed by atoms with Crippen LogP contribution in [-0.2, 0) is 14.6 Å². The van der Waals surface area contributed by atoms with Crippen LogP contribution in [0.3, 0.4) is 0 Å². The van der Waals surface area contributed by atoms with Gasteiger partial charge in [0.05, 0.1) is 11.4 Å². The van der Waals surface area contributed by atoms with Crippen LogP contribution in [0.1, 0.15) is 13.8 Å². The zero-order valence-electron chi connectivity index (χ0n) is 10.8. The predicted molar refractivity (Wildman–Crippen MR) is 79.7 cm³/mol. The van der Waals surface area contributed by atoms with Gasteiger partial charge in [0.25, 0.3) is 0 Å². The largest absolute Gasteiger partial charge is 0.325 e. The van der Waals surface area contributed by atoms with Gasteiger partial charge in [0, 0.05) is 10.0 Å². The normalized spacial score (nSPS) is 12.2. The summed E-state index contributed by atoms with van der Waals surface area (Å²) >= 11 is 3.27. The minimum Gasteiger partial charge on any atom is -0.325 e. The van der Waals surface area contributed by atoms with Crippen LogP contribution in [0.15, 0.2) is 28.7 Å². The second kappa shape index (κ2) is 6.02. The number of anilines is 1. The predicted octanol–water partition coefficient (Wildman–Crippen LogP) is 1.54. The van der Waals surface area contributed by atoms with Crippen molar-refractivity contribution in [1.29, 1.82) is 0 Å². The maximum atomic E-state index is 11.8. The van der Waals surface area contributed by atoms with Gasteiger partial charge in [0.1, 0.15) is 5.75 Å². The molecule has 0 unspecified atom stereocenters. The molecular formula is C12H17BrN2O3S. The fraction of sp³-hybridized carbons (Fsp3) is 0.417. The third kappa shape index (κ3) is 6.17. The van der Waals surface area contributed by atoms with Crippen LogP contribution in [0.5, 0.6) is 0 Å². The van der Waals surface area contributed by atoms with E-state index < -0.39 is 27.0 Å². The summed E-state index contributed by atoms with van der Waals surface area (Å²) in [6, 6.07) is 6.99. The van der Waals surface area contributed by atoms with Gasteiger partial charge in [-0.1, -0.05) is 12.1 Å². The Morgan fingerprint density at radius 2 is 1.95 bits per heavy atom. The van der Waals surface area contributed by atoms with E-state index in [-0.39, 0.29) is 5.75 Å². The molecule has 7 heteroatoms. The summed E-state index contributed by atoms with van der Waals surface area (Å²) in [5.41, 5.74) is 5.34. The first-order valence-corrected chi connectivity index (χ1v) is 8.24. The van der Waals surface area contributed by atoms with Crippen LogP contribution in [0, 0.1) is 0 Å². The number of nitrogens with one attached hydrogen (secondary N) is 1. The van der Waals surface area contributed by atoms with Crippen molar-refractivity contribution in [2.75, 3.05) is 16.8 Å². The molecule has 0 radical (unpaired) electrons. The molecule has 0 aromatic heterocycles. The van der Waals surface area contributed by atoms with Crippen molar-refractivity contribution in [3.8, 4) is 0 Å². The van der Waals surface area contributed by atoms with E-state index in [2.05, 4.69) is 21.2 Å².